The van der Waals surface area contributed by atoms with Crippen LogP contribution in [0.1, 0.15) is 44.7 Å². The lowest BCUT2D eigenvalue weighted by Crippen LogP contribution is -2.38. The first-order valence-corrected chi connectivity index (χ1v) is 7.72. The molecule has 2 rings (SSSR count). The standard InChI is InChI=1S/C17H26N2O/c1-3-7-14-10-11-19(12-14)17(20)13(2)16(18)15-8-5-4-6-9-15/h4-6,8-9,13-14,16H,3,7,10-12,18H2,1-2H3. The summed E-state index contributed by atoms with van der Waals surface area (Å²) < 4.78 is 0. The minimum absolute atomic E-state index is 0.155. The summed E-state index contributed by atoms with van der Waals surface area (Å²) in [5.41, 5.74) is 7.29. The van der Waals surface area contributed by atoms with E-state index in [-0.39, 0.29) is 17.9 Å². The fourth-order valence-corrected chi connectivity index (χ4v) is 3.08. The fraction of sp³-hybridized carbons (Fsp3) is 0.588. The molecular formula is C17H26N2O. The number of amides is 1. The maximum Gasteiger partial charge on any atom is 0.227 e. The molecule has 0 aliphatic carbocycles. The highest BCUT2D eigenvalue weighted by Crippen LogP contribution is 2.26. The highest BCUT2D eigenvalue weighted by Gasteiger charge is 2.31. The molecule has 3 nitrogen and oxygen atoms in total. The first-order valence-electron chi connectivity index (χ1n) is 7.72. The summed E-state index contributed by atoms with van der Waals surface area (Å²) in [4.78, 5) is 14.6. The molecule has 3 heteroatoms. The average Bonchev–Trinajstić information content (AvgIpc) is 2.95. The Bertz CT molecular complexity index is 432. The van der Waals surface area contributed by atoms with Gasteiger partial charge in [0.15, 0.2) is 0 Å². The summed E-state index contributed by atoms with van der Waals surface area (Å²) in [5, 5.41) is 0. The number of carbonyl (C=O) groups is 1. The SMILES string of the molecule is CCCC1CCN(C(=O)C(C)C(N)c2ccccc2)C1. The van der Waals surface area contributed by atoms with Gasteiger partial charge in [-0.1, -0.05) is 50.6 Å². The summed E-state index contributed by atoms with van der Waals surface area (Å²) in [6.07, 6.45) is 3.57. The molecule has 0 bridgehead atoms. The molecule has 0 radical (unpaired) electrons. The molecule has 1 aliphatic rings. The van der Waals surface area contributed by atoms with Crippen LogP contribution in [0.25, 0.3) is 0 Å². The second kappa shape index (κ2) is 6.89. The highest BCUT2D eigenvalue weighted by molar-refractivity contribution is 5.79. The Morgan fingerprint density at radius 2 is 2.10 bits per heavy atom. The summed E-state index contributed by atoms with van der Waals surface area (Å²) >= 11 is 0. The molecule has 1 aromatic carbocycles. The number of nitrogens with two attached hydrogens (primary N) is 1. The second-order valence-electron chi connectivity index (χ2n) is 5.95. The fourth-order valence-electron chi connectivity index (χ4n) is 3.08. The molecule has 20 heavy (non-hydrogen) atoms. The molecule has 0 spiro atoms. The van der Waals surface area contributed by atoms with Crippen LogP contribution in [0.3, 0.4) is 0 Å². The van der Waals surface area contributed by atoms with E-state index in [1.165, 1.54) is 12.8 Å². The predicted molar refractivity (Wildman–Crippen MR) is 82.1 cm³/mol. The van der Waals surface area contributed by atoms with Crippen molar-refractivity contribution in [3.8, 4) is 0 Å². The zero-order valence-electron chi connectivity index (χ0n) is 12.6. The van der Waals surface area contributed by atoms with Crippen molar-refractivity contribution in [1.82, 2.24) is 4.90 Å². The van der Waals surface area contributed by atoms with Crippen molar-refractivity contribution >= 4 is 5.91 Å². The summed E-state index contributed by atoms with van der Waals surface area (Å²) in [5.74, 6) is 0.738. The Balaban J connectivity index is 1.95. The zero-order valence-corrected chi connectivity index (χ0v) is 12.6. The first kappa shape index (κ1) is 15.0. The average molecular weight is 274 g/mol. The van der Waals surface area contributed by atoms with E-state index in [1.807, 2.05) is 42.2 Å². The molecule has 1 aromatic rings. The molecule has 1 fully saturated rings. The number of benzene rings is 1. The van der Waals surface area contributed by atoms with Crippen LogP contribution in [0.5, 0.6) is 0 Å². The van der Waals surface area contributed by atoms with Crippen LogP contribution in [0.4, 0.5) is 0 Å². The number of nitrogens with zero attached hydrogens (tertiary/aromatic N) is 1. The summed E-state index contributed by atoms with van der Waals surface area (Å²) in [7, 11) is 0. The van der Waals surface area contributed by atoms with Gasteiger partial charge in [0, 0.05) is 19.1 Å². The van der Waals surface area contributed by atoms with Gasteiger partial charge in [0.25, 0.3) is 0 Å². The van der Waals surface area contributed by atoms with E-state index >= 15 is 0 Å². The third-order valence-corrected chi connectivity index (χ3v) is 4.41. The Labute approximate surface area is 122 Å². The number of carbonyl (C=O) groups excluding carboxylic acids is 1. The second-order valence-corrected chi connectivity index (χ2v) is 5.95. The zero-order chi connectivity index (χ0) is 14.5. The molecule has 2 N–H and O–H groups in total. The van der Waals surface area contributed by atoms with Crippen molar-refractivity contribution < 1.29 is 4.79 Å². The molecule has 1 saturated heterocycles. The third kappa shape index (κ3) is 3.40. The number of rotatable bonds is 5. The normalized spacial score (nSPS) is 21.8. The first-order chi connectivity index (χ1) is 9.63. The minimum atomic E-state index is -0.214. The molecule has 1 amide bonds. The topological polar surface area (TPSA) is 46.3 Å². The molecule has 0 aromatic heterocycles. The molecule has 0 saturated carbocycles. The van der Waals surface area contributed by atoms with Crippen molar-refractivity contribution in [1.29, 1.82) is 0 Å². The molecule has 110 valence electrons. The Morgan fingerprint density at radius 1 is 1.40 bits per heavy atom. The van der Waals surface area contributed by atoms with Crippen LogP contribution in [0.2, 0.25) is 0 Å². The number of hydrogen-bond acceptors (Lipinski definition) is 2. The lowest BCUT2D eigenvalue weighted by Gasteiger charge is -2.25. The summed E-state index contributed by atoms with van der Waals surface area (Å²) in [6, 6.07) is 9.70. The quantitative estimate of drug-likeness (QED) is 0.897. The molecule has 3 atom stereocenters. The third-order valence-electron chi connectivity index (χ3n) is 4.41. The van der Waals surface area contributed by atoms with Crippen molar-refractivity contribution in [2.24, 2.45) is 17.6 Å². The monoisotopic (exact) mass is 274 g/mol. The lowest BCUT2D eigenvalue weighted by atomic mass is 9.94. The maximum absolute atomic E-state index is 12.6. The van der Waals surface area contributed by atoms with E-state index in [0.29, 0.717) is 5.92 Å². The van der Waals surface area contributed by atoms with Crippen LogP contribution in [0.15, 0.2) is 30.3 Å². The molecule has 3 unspecified atom stereocenters. The van der Waals surface area contributed by atoms with E-state index in [4.69, 9.17) is 5.73 Å². The van der Waals surface area contributed by atoms with Crippen molar-refractivity contribution in [2.75, 3.05) is 13.1 Å². The van der Waals surface area contributed by atoms with E-state index in [9.17, 15) is 4.79 Å². The van der Waals surface area contributed by atoms with Gasteiger partial charge in [-0.2, -0.15) is 0 Å². The molecular weight excluding hydrogens is 248 g/mol. The summed E-state index contributed by atoms with van der Waals surface area (Å²) in [6.45, 7) is 5.97. The van der Waals surface area contributed by atoms with Gasteiger partial charge in [0.05, 0.1) is 5.92 Å². The van der Waals surface area contributed by atoms with Gasteiger partial charge in [-0.15, -0.1) is 0 Å². The number of likely N-dealkylation sites (tertiary alicyclic amines) is 1. The van der Waals surface area contributed by atoms with Gasteiger partial charge in [0.2, 0.25) is 5.91 Å². The van der Waals surface area contributed by atoms with Crippen molar-refractivity contribution in [3.63, 3.8) is 0 Å². The van der Waals surface area contributed by atoms with Gasteiger partial charge in [-0.05, 0) is 24.3 Å². The molecule has 1 heterocycles. The van der Waals surface area contributed by atoms with E-state index in [0.717, 1.165) is 25.1 Å². The predicted octanol–water partition coefficient (Wildman–Crippen LogP) is 2.97. The van der Waals surface area contributed by atoms with E-state index in [2.05, 4.69) is 6.92 Å². The Morgan fingerprint density at radius 3 is 2.75 bits per heavy atom. The van der Waals surface area contributed by atoms with Crippen molar-refractivity contribution in [3.05, 3.63) is 35.9 Å². The molecule has 1 aliphatic heterocycles. The largest absolute Gasteiger partial charge is 0.342 e. The van der Waals surface area contributed by atoms with Gasteiger partial charge in [-0.3, -0.25) is 4.79 Å². The maximum atomic E-state index is 12.6. The van der Waals surface area contributed by atoms with Crippen LogP contribution >= 0.6 is 0 Å². The van der Waals surface area contributed by atoms with Gasteiger partial charge in [-0.25, -0.2) is 0 Å². The van der Waals surface area contributed by atoms with Gasteiger partial charge in [0.1, 0.15) is 0 Å². The minimum Gasteiger partial charge on any atom is -0.342 e. The Kier molecular flexibility index (Phi) is 5.18. The lowest BCUT2D eigenvalue weighted by molar-refractivity contribution is -0.134. The van der Waals surface area contributed by atoms with Crippen LogP contribution in [0, 0.1) is 11.8 Å². The van der Waals surface area contributed by atoms with E-state index < -0.39 is 0 Å². The van der Waals surface area contributed by atoms with Gasteiger partial charge < -0.3 is 10.6 Å². The highest BCUT2D eigenvalue weighted by atomic mass is 16.2. The van der Waals surface area contributed by atoms with Gasteiger partial charge >= 0.3 is 0 Å². The van der Waals surface area contributed by atoms with Crippen LogP contribution < -0.4 is 5.73 Å². The van der Waals surface area contributed by atoms with Crippen LogP contribution in [-0.4, -0.2) is 23.9 Å². The smallest absolute Gasteiger partial charge is 0.227 e. The Hall–Kier alpha value is -1.35. The number of hydrogen-bond donors (Lipinski definition) is 1. The van der Waals surface area contributed by atoms with Crippen LogP contribution in [-0.2, 0) is 4.79 Å². The van der Waals surface area contributed by atoms with Crippen molar-refractivity contribution in [2.45, 2.75) is 39.2 Å². The van der Waals surface area contributed by atoms with E-state index in [1.54, 1.807) is 0 Å².